The Bertz CT molecular complexity index is 1240. The Hall–Kier alpha value is -3.22. The Morgan fingerprint density at radius 3 is 1.82 bits per heavy atom. The number of esters is 3. The maximum Gasteiger partial charge on any atom is 0.311 e. The predicted molar refractivity (Wildman–Crippen MR) is 180 cm³/mol. The van der Waals surface area contributed by atoms with Gasteiger partial charge in [-0.1, -0.05) is 20.3 Å². The van der Waals surface area contributed by atoms with E-state index in [1.165, 1.54) is 0 Å². The molecule has 1 amide bonds. The zero-order valence-corrected chi connectivity index (χ0v) is 30.7. The minimum absolute atomic E-state index is 0.0528. The van der Waals surface area contributed by atoms with Crippen molar-refractivity contribution in [3.05, 3.63) is 0 Å². The second-order valence-corrected chi connectivity index (χ2v) is 16.5. The summed E-state index contributed by atoms with van der Waals surface area (Å²) in [4.78, 5) is 71.6. The molecule has 5 unspecified atom stereocenters. The fraction of sp³-hybridized carbons (Fsp3) is 0.838. The number of rotatable bonds is 15. The molecule has 13 heteroatoms. The van der Waals surface area contributed by atoms with Crippen LogP contribution in [0.25, 0.3) is 0 Å². The highest BCUT2D eigenvalue weighted by molar-refractivity contribution is 5.86. The van der Waals surface area contributed by atoms with E-state index in [0.29, 0.717) is 50.4 Å². The average Bonchev–Trinajstić information content (AvgIpc) is 3.07. The predicted octanol–water partition coefficient (Wildman–Crippen LogP) is 4.51. The summed E-state index contributed by atoms with van der Waals surface area (Å²) in [5.74, 6) is -3.11. The summed E-state index contributed by atoms with van der Waals surface area (Å²) in [5, 5.41) is 31.5. The van der Waals surface area contributed by atoms with Crippen LogP contribution in [0, 0.1) is 45.3 Å². The lowest BCUT2D eigenvalue weighted by molar-refractivity contribution is -0.179. The smallest absolute Gasteiger partial charge is 0.311 e. The molecule has 4 N–H and O–H groups in total. The molecule has 5 atom stereocenters. The van der Waals surface area contributed by atoms with E-state index in [9.17, 15) is 39.0 Å². The van der Waals surface area contributed by atoms with Crippen LogP contribution < -0.4 is 5.32 Å². The van der Waals surface area contributed by atoms with Gasteiger partial charge in [-0.3, -0.25) is 28.8 Å². The van der Waals surface area contributed by atoms with Gasteiger partial charge in [0.15, 0.2) is 0 Å². The molecule has 4 bridgehead atoms. The van der Waals surface area contributed by atoms with Crippen molar-refractivity contribution < 1.29 is 58.3 Å². The van der Waals surface area contributed by atoms with Gasteiger partial charge in [-0.2, -0.15) is 0 Å². The molecular weight excluding hydrogens is 650 g/mol. The van der Waals surface area contributed by atoms with Crippen LogP contribution in [-0.4, -0.2) is 83.5 Å². The standard InChI is InChI=1S/C20H31NO5.C17H28O7/c1-4-18(2,3)17(25)26-6-5-21-15(22)19-8-13-7-14(9-19)11-20(10-13,12-19)16(23)24;1-4-17(2,3)16(22)24-10-13(18)9-23-15(21)12-7-5-6-11(8-12)14(19)20/h13-14H,4-12H2,1-3H3,(H,21,22)(H,23,24);11-13,18H,4-10H2,1-3H3,(H,19,20). The van der Waals surface area contributed by atoms with Crippen molar-refractivity contribution in [2.45, 2.75) is 125 Å². The number of aliphatic carboxylic acids is 2. The molecular formula is C37H59NO12. The van der Waals surface area contributed by atoms with Crippen LogP contribution in [0.15, 0.2) is 0 Å². The van der Waals surface area contributed by atoms with E-state index in [-0.39, 0.29) is 44.7 Å². The van der Waals surface area contributed by atoms with Crippen LogP contribution in [-0.2, 0) is 43.0 Å². The first-order chi connectivity index (χ1) is 23.3. The Kier molecular flexibility index (Phi) is 13.9. The molecule has 0 aromatic heterocycles. The van der Waals surface area contributed by atoms with Gasteiger partial charge in [-0.05, 0) is 110 Å². The van der Waals surface area contributed by atoms with Gasteiger partial charge in [0, 0.05) is 0 Å². The fourth-order valence-corrected chi connectivity index (χ4v) is 8.10. The monoisotopic (exact) mass is 709 g/mol. The minimum atomic E-state index is -1.09. The van der Waals surface area contributed by atoms with Crippen molar-refractivity contribution in [1.82, 2.24) is 5.32 Å². The second kappa shape index (κ2) is 16.9. The molecule has 0 spiro atoms. The fourth-order valence-electron chi connectivity index (χ4n) is 8.10. The Morgan fingerprint density at radius 1 is 0.760 bits per heavy atom. The van der Waals surface area contributed by atoms with Crippen molar-refractivity contribution in [1.29, 1.82) is 0 Å². The molecule has 0 aromatic carbocycles. The Balaban J connectivity index is 0.000000272. The third-order valence-electron chi connectivity index (χ3n) is 11.7. The highest BCUT2D eigenvalue weighted by Gasteiger charge is 2.63. The van der Waals surface area contributed by atoms with Crippen molar-refractivity contribution in [2.24, 2.45) is 45.3 Å². The number of carbonyl (C=O) groups is 6. The molecule has 0 heterocycles. The maximum atomic E-state index is 12.9. The summed E-state index contributed by atoms with van der Waals surface area (Å²) < 4.78 is 15.3. The summed E-state index contributed by atoms with van der Waals surface area (Å²) in [5.41, 5.74) is -2.39. The van der Waals surface area contributed by atoms with Gasteiger partial charge in [-0.15, -0.1) is 0 Å². The first-order valence-corrected chi connectivity index (χ1v) is 18.2. The van der Waals surface area contributed by atoms with Crippen LogP contribution >= 0.6 is 0 Å². The highest BCUT2D eigenvalue weighted by atomic mass is 16.6. The van der Waals surface area contributed by atoms with Gasteiger partial charge < -0.3 is 34.8 Å². The van der Waals surface area contributed by atoms with Crippen LogP contribution in [0.2, 0.25) is 0 Å². The molecule has 0 aromatic rings. The SMILES string of the molecule is CCC(C)(C)C(=O)OCC(O)COC(=O)C1CCCC(C(=O)O)C1.CCC(C)(C)C(=O)OCCNC(=O)C12CC3CC(CC(C(=O)O)(C3)C1)C2. The van der Waals surface area contributed by atoms with Crippen LogP contribution in [0.4, 0.5) is 0 Å². The summed E-state index contributed by atoms with van der Waals surface area (Å²) in [6, 6.07) is 0. The van der Waals surface area contributed by atoms with E-state index < -0.39 is 63.5 Å². The molecule has 284 valence electrons. The first kappa shape index (κ1) is 41.2. The molecule has 5 saturated carbocycles. The molecule has 13 nitrogen and oxygen atoms in total. The molecule has 5 fully saturated rings. The number of carbonyl (C=O) groups excluding carboxylic acids is 4. The van der Waals surface area contributed by atoms with E-state index in [0.717, 1.165) is 32.1 Å². The van der Waals surface area contributed by atoms with Crippen molar-refractivity contribution in [3.63, 3.8) is 0 Å². The van der Waals surface area contributed by atoms with Crippen molar-refractivity contribution >= 4 is 35.8 Å². The lowest BCUT2D eigenvalue weighted by Crippen LogP contribution is -2.59. The first-order valence-electron chi connectivity index (χ1n) is 18.2. The van der Waals surface area contributed by atoms with Gasteiger partial charge in [0.05, 0.1) is 40.0 Å². The summed E-state index contributed by atoms with van der Waals surface area (Å²) in [6.45, 7) is 10.9. The topological polar surface area (TPSA) is 203 Å². The third-order valence-corrected chi connectivity index (χ3v) is 11.7. The van der Waals surface area contributed by atoms with E-state index in [4.69, 9.17) is 19.3 Å². The number of hydrogen-bond donors (Lipinski definition) is 4. The van der Waals surface area contributed by atoms with E-state index in [2.05, 4.69) is 5.32 Å². The van der Waals surface area contributed by atoms with Crippen LogP contribution in [0.3, 0.4) is 0 Å². The number of carboxylic acids is 2. The number of amides is 1. The number of ether oxygens (including phenoxy) is 3. The van der Waals surface area contributed by atoms with Gasteiger partial charge in [0.1, 0.15) is 25.9 Å². The van der Waals surface area contributed by atoms with Crippen LogP contribution in [0.5, 0.6) is 0 Å². The van der Waals surface area contributed by atoms with Gasteiger partial charge >= 0.3 is 29.8 Å². The summed E-state index contributed by atoms with van der Waals surface area (Å²) in [6.07, 6.45) is 6.88. The molecule has 5 aliphatic carbocycles. The maximum absolute atomic E-state index is 12.9. The summed E-state index contributed by atoms with van der Waals surface area (Å²) >= 11 is 0. The Labute approximate surface area is 295 Å². The quantitative estimate of drug-likeness (QED) is 0.105. The third kappa shape index (κ3) is 10.2. The summed E-state index contributed by atoms with van der Waals surface area (Å²) in [7, 11) is 0. The second-order valence-electron chi connectivity index (χ2n) is 16.5. The highest BCUT2D eigenvalue weighted by Crippen LogP contribution is 2.65. The molecule has 50 heavy (non-hydrogen) atoms. The number of nitrogens with one attached hydrogen (secondary N) is 1. The van der Waals surface area contributed by atoms with Crippen molar-refractivity contribution in [3.8, 4) is 0 Å². The molecule has 0 radical (unpaired) electrons. The van der Waals surface area contributed by atoms with Gasteiger partial charge in [0.25, 0.3) is 0 Å². The van der Waals surface area contributed by atoms with E-state index in [1.54, 1.807) is 13.8 Å². The van der Waals surface area contributed by atoms with Gasteiger partial charge in [-0.25, -0.2) is 0 Å². The largest absolute Gasteiger partial charge is 0.481 e. The molecule has 5 aliphatic rings. The van der Waals surface area contributed by atoms with Crippen molar-refractivity contribution in [2.75, 3.05) is 26.4 Å². The van der Waals surface area contributed by atoms with E-state index >= 15 is 0 Å². The molecule has 0 aliphatic heterocycles. The average molecular weight is 710 g/mol. The minimum Gasteiger partial charge on any atom is -0.481 e. The van der Waals surface area contributed by atoms with Crippen LogP contribution in [0.1, 0.15) is 119 Å². The number of aliphatic hydroxyl groups excluding tert-OH is 1. The zero-order chi connectivity index (χ0) is 37.5. The molecule has 0 saturated heterocycles. The normalized spacial score (nSPS) is 29.1. The van der Waals surface area contributed by atoms with Gasteiger partial charge in [0.2, 0.25) is 5.91 Å². The lowest BCUT2D eigenvalue weighted by Gasteiger charge is -2.59. The van der Waals surface area contributed by atoms with E-state index in [1.807, 2.05) is 27.7 Å². The zero-order valence-electron chi connectivity index (χ0n) is 30.7. The lowest BCUT2D eigenvalue weighted by atomic mass is 9.44. The number of hydrogen-bond acceptors (Lipinski definition) is 10. The number of aliphatic hydroxyl groups is 1. The Morgan fingerprint density at radius 2 is 1.28 bits per heavy atom. The number of carboxylic acid groups (broad SMARTS) is 2. The molecule has 5 rings (SSSR count).